The van der Waals surface area contributed by atoms with Gasteiger partial charge in [0.1, 0.15) is 11.2 Å². The summed E-state index contributed by atoms with van der Waals surface area (Å²) in [6.07, 6.45) is 1.36. The number of H-pyrrole nitrogens is 2. The molecule has 0 bridgehead atoms. The Morgan fingerprint density at radius 3 is 2.65 bits per heavy atom. The van der Waals surface area contributed by atoms with E-state index in [0.717, 1.165) is 43.2 Å². The number of nitrogens with zero attached hydrogens (tertiary/aromatic N) is 3. The monoisotopic (exact) mass is 456 g/mol. The predicted molar refractivity (Wildman–Crippen MR) is 129 cm³/mol. The summed E-state index contributed by atoms with van der Waals surface area (Å²) < 4.78 is 10.6. The van der Waals surface area contributed by atoms with Crippen molar-refractivity contribution in [2.75, 3.05) is 36.5 Å². The minimum Gasteiger partial charge on any atom is -0.408 e. The number of oxazole rings is 1. The molecule has 1 saturated heterocycles. The fourth-order valence-electron chi connectivity index (χ4n) is 4.15. The fraction of sp³-hybridized carbons (Fsp3) is 0.167. The quantitative estimate of drug-likeness (QED) is 0.376. The number of anilines is 3. The Bertz CT molecular complexity index is 1610. The van der Waals surface area contributed by atoms with E-state index >= 15 is 0 Å². The van der Waals surface area contributed by atoms with Crippen LogP contribution in [0, 0.1) is 0 Å². The van der Waals surface area contributed by atoms with Crippen molar-refractivity contribution in [2.24, 2.45) is 0 Å². The number of hydrogen-bond acceptors (Lipinski definition) is 8. The molecule has 34 heavy (non-hydrogen) atoms. The van der Waals surface area contributed by atoms with E-state index in [4.69, 9.17) is 14.1 Å². The molecule has 0 saturated carbocycles. The number of ether oxygens (including phenoxy) is 1. The summed E-state index contributed by atoms with van der Waals surface area (Å²) in [6, 6.07) is 15.0. The molecule has 1 aliphatic rings. The van der Waals surface area contributed by atoms with Gasteiger partial charge >= 0.3 is 5.76 Å². The summed E-state index contributed by atoms with van der Waals surface area (Å²) in [6.45, 7) is 3.15. The summed E-state index contributed by atoms with van der Waals surface area (Å²) in [7, 11) is 0. The van der Waals surface area contributed by atoms with Gasteiger partial charge in [0, 0.05) is 30.0 Å². The highest BCUT2D eigenvalue weighted by atomic mass is 16.5. The van der Waals surface area contributed by atoms with Gasteiger partial charge in [-0.2, -0.15) is 0 Å². The molecule has 2 aromatic carbocycles. The van der Waals surface area contributed by atoms with Crippen molar-refractivity contribution in [3.63, 3.8) is 0 Å². The highest BCUT2D eigenvalue weighted by Crippen LogP contribution is 2.29. The number of aromatic amines is 2. The van der Waals surface area contributed by atoms with E-state index in [0.29, 0.717) is 33.5 Å². The molecule has 4 heterocycles. The Hall–Kier alpha value is -4.44. The normalized spacial score (nSPS) is 14.1. The van der Waals surface area contributed by atoms with Gasteiger partial charge < -0.3 is 24.4 Å². The molecule has 1 fully saturated rings. The van der Waals surface area contributed by atoms with Crippen LogP contribution in [0.15, 0.2) is 68.9 Å². The number of pyridine rings is 1. The molecule has 6 rings (SSSR count). The van der Waals surface area contributed by atoms with Crippen molar-refractivity contribution in [3.05, 3.63) is 75.8 Å². The average molecular weight is 456 g/mol. The molecule has 1 aliphatic heterocycles. The molecule has 10 nitrogen and oxygen atoms in total. The number of benzene rings is 2. The second-order valence-electron chi connectivity index (χ2n) is 7.98. The highest BCUT2D eigenvalue weighted by Gasteiger charge is 2.15. The number of aromatic nitrogens is 4. The Labute approximate surface area is 192 Å². The maximum absolute atomic E-state index is 12.6. The van der Waals surface area contributed by atoms with Gasteiger partial charge in [0.25, 0.3) is 5.56 Å². The zero-order chi connectivity index (χ0) is 23.1. The van der Waals surface area contributed by atoms with Crippen LogP contribution >= 0.6 is 0 Å². The topological polar surface area (TPSA) is 129 Å². The first-order valence-corrected chi connectivity index (χ1v) is 10.9. The van der Waals surface area contributed by atoms with E-state index in [9.17, 15) is 9.59 Å². The van der Waals surface area contributed by atoms with Gasteiger partial charge in [0.05, 0.1) is 36.3 Å². The van der Waals surface area contributed by atoms with E-state index in [2.05, 4.69) is 25.2 Å². The van der Waals surface area contributed by atoms with Crippen LogP contribution in [0.3, 0.4) is 0 Å². The maximum Gasteiger partial charge on any atom is 0.417 e. The second kappa shape index (κ2) is 8.16. The van der Waals surface area contributed by atoms with Crippen molar-refractivity contribution in [1.29, 1.82) is 0 Å². The molecule has 5 aromatic rings. The lowest BCUT2D eigenvalue weighted by molar-refractivity contribution is 0.122. The van der Waals surface area contributed by atoms with Gasteiger partial charge in [-0.1, -0.05) is 6.07 Å². The Morgan fingerprint density at radius 1 is 1.00 bits per heavy atom. The van der Waals surface area contributed by atoms with E-state index in [1.165, 1.54) is 6.33 Å². The summed E-state index contributed by atoms with van der Waals surface area (Å²) in [5, 5.41) is 3.63. The third kappa shape index (κ3) is 3.69. The van der Waals surface area contributed by atoms with Crippen LogP contribution in [-0.2, 0) is 4.74 Å². The van der Waals surface area contributed by atoms with Crippen molar-refractivity contribution in [2.45, 2.75) is 0 Å². The van der Waals surface area contributed by atoms with E-state index < -0.39 is 5.76 Å². The lowest BCUT2D eigenvalue weighted by atomic mass is 10.1. The van der Waals surface area contributed by atoms with Crippen LogP contribution in [0.5, 0.6) is 0 Å². The largest absolute Gasteiger partial charge is 0.417 e. The van der Waals surface area contributed by atoms with Crippen molar-refractivity contribution < 1.29 is 9.15 Å². The van der Waals surface area contributed by atoms with Gasteiger partial charge in [-0.25, -0.2) is 14.8 Å². The Balaban J connectivity index is 1.40. The third-order valence-corrected chi connectivity index (χ3v) is 5.85. The van der Waals surface area contributed by atoms with Crippen LogP contribution in [0.2, 0.25) is 0 Å². The minimum atomic E-state index is -0.519. The van der Waals surface area contributed by atoms with Crippen LogP contribution in [-0.4, -0.2) is 46.2 Å². The third-order valence-electron chi connectivity index (χ3n) is 5.85. The van der Waals surface area contributed by atoms with E-state index in [1.54, 1.807) is 18.2 Å². The molecule has 3 aromatic heterocycles. The molecule has 10 heteroatoms. The summed E-state index contributed by atoms with van der Waals surface area (Å²) in [5.74, 6) is -0.133. The number of fused-ring (bicyclic) bond motifs is 2. The summed E-state index contributed by atoms with van der Waals surface area (Å²) in [5.41, 5.74) is 4.45. The number of hydrogen-bond donors (Lipinski definition) is 3. The molecular weight excluding hydrogens is 436 g/mol. The smallest absolute Gasteiger partial charge is 0.408 e. The summed E-state index contributed by atoms with van der Waals surface area (Å²) in [4.78, 5) is 40.7. The predicted octanol–water partition coefficient (Wildman–Crippen LogP) is 3.00. The Kier molecular flexibility index (Phi) is 4.84. The summed E-state index contributed by atoms with van der Waals surface area (Å²) >= 11 is 0. The molecule has 3 N–H and O–H groups in total. The molecular formula is C24H20N6O4. The van der Waals surface area contributed by atoms with Crippen LogP contribution < -0.4 is 21.5 Å². The molecule has 0 aliphatic carbocycles. The number of morpholine rings is 1. The van der Waals surface area contributed by atoms with E-state index in [-0.39, 0.29) is 5.56 Å². The first-order valence-electron chi connectivity index (χ1n) is 10.9. The van der Waals surface area contributed by atoms with Crippen molar-refractivity contribution >= 4 is 39.2 Å². The van der Waals surface area contributed by atoms with Gasteiger partial charge in [0.15, 0.2) is 5.58 Å². The first kappa shape index (κ1) is 20.2. The molecule has 0 spiro atoms. The zero-order valence-electron chi connectivity index (χ0n) is 18.0. The molecule has 0 unspecified atom stereocenters. The minimum absolute atomic E-state index is 0.288. The standard InChI is InChI=1S/C24H20N6O4/c31-23-21-19(25-13-26-23)12-18(14-1-6-17-20(11-14)34-24(32)29-17)28-22(21)27-15-2-4-16(5-3-15)30-7-9-33-10-8-30/h1-6,11-13H,7-10H2,(H,27,28)(H,29,32)(H,25,26,31). The Morgan fingerprint density at radius 2 is 1.82 bits per heavy atom. The first-order chi connectivity index (χ1) is 16.6. The van der Waals surface area contributed by atoms with Crippen LogP contribution in [0.1, 0.15) is 0 Å². The second-order valence-corrected chi connectivity index (χ2v) is 7.98. The van der Waals surface area contributed by atoms with Gasteiger partial charge in [-0.3, -0.25) is 9.78 Å². The molecule has 0 atom stereocenters. The van der Waals surface area contributed by atoms with Gasteiger partial charge in [-0.15, -0.1) is 0 Å². The molecule has 170 valence electrons. The zero-order valence-corrected chi connectivity index (χ0v) is 18.0. The molecule has 0 amide bonds. The molecule has 0 radical (unpaired) electrons. The van der Waals surface area contributed by atoms with Crippen molar-refractivity contribution in [3.8, 4) is 11.3 Å². The van der Waals surface area contributed by atoms with Crippen LogP contribution in [0.25, 0.3) is 33.3 Å². The lowest BCUT2D eigenvalue weighted by Crippen LogP contribution is -2.36. The highest BCUT2D eigenvalue weighted by molar-refractivity contribution is 5.93. The SMILES string of the molecule is O=c1[nH]c2ccc(-c3cc4nc[nH]c(=O)c4c(Nc4ccc(N5CCOCC5)cc4)n3)cc2o1. The van der Waals surface area contributed by atoms with Gasteiger partial charge in [0.2, 0.25) is 0 Å². The van der Waals surface area contributed by atoms with E-state index in [1.807, 2.05) is 30.3 Å². The number of rotatable bonds is 4. The van der Waals surface area contributed by atoms with Crippen LogP contribution in [0.4, 0.5) is 17.2 Å². The number of nitrogens with one attached hydrogen (secondary N) is 3. The lowest BCUT2D eigenvalue weighted by Gasteiger charge is -2.28. The van der Waals surface area contributed by atoms with Crippen molar-refractivity contribution in [1.82, 2.24) is 19.9 Å². The van der Waals surface area contributed by atoms with Gasteiger partial charge in [-0.05, 0) is 42.5 Å². The maximum atomic E-state index is 12.6. The fourth-order valence-corrected chi connectivity index (χ4v) is 4.15. The average Bonchev–Trinajstić information content (AvgIpc) is 3.24.